The molecule has 0 heterocycles. The molecule has 4 rings (SSSR count). The van der Waals surface area contributed by atoms with Crippen LogP contribution >= 0.6 is 0 Å². The van der Waals surface area contributed by atoms with Crippen molar-refractivity contribution < 1.29 is 0 Å². The first-order valence-corrected chi connectivity index (χ1v) is 7.54. The Morgan fingerprint density at radius 3 is 2.50 bits per heavy atom. The van der Waals surface area contributed by atoms with Crippen LogP contribution in [-0.2, 0) is 11.8 Å². The molecule has 0 aromatic heterocycles. The Morgan fingerprint density at radius 1 is 1.17 bits per heavy atom. The summed E-state index contributed by atoms with van der Waals surface area (Å²) in [6.45, 7) is 4.54. The average Bonchev–Trinajstić information content (AvgIpc) is 3.29. The van der Waals surface area contributed by atoms with Crippen molar-refractivity contribution in [1.29, 1.82) is 0 Å². The van der Waals surface area contributed by atoms with E-state index in [0.29, 0.717) is 10.8 Å². The molecule has 0 bridgehead atoms. The molecule has 0 amide bonds. The zero-order valence-corrected chi connectivity index (χ0v) is 11.6. The molecule has 94 valence electrons. The summed E-state index contributed by atoms with van der Waals surface area (Å²) in [6, 6.07) is 7.01. The second kappa shape index (κ2) is 3.29. The van der Waals surface area contributed by atoms with E-state index in [1.807, 2.05) is 0 Å². The zero-order valence-electron chi connectivity index (χ0n) is 11.6. The molecule has 2 saturated carbocycles. The molecular weight excluding hydrogens is 216 g/mol. The summed E-state index contributed by atoms with van der Waals surface area (Å²) in [5.41, 5.74) is 7.86. The number of allylic oxidation sites excluding steroid dienone is 2. The Hall–Kier alpha value is -1.04. The maximum Gasteiger partial charge on any atom is 0.00220 e. The van der Waals surface area contributed by atoms with Gasteiger partial charge in [0.15, 0.2) is 0 Å². The summed E-state index contributed by atoms with van der Waals surface area (Å²) < 4.78 is 0. The smallest absolute Gasteiger partial charge is 0.00220 e. The molecule has 3 aliphatic carbocycles. The van der Waals surface area contributed by atoms with E-state index in [1.165, 1.54) is 38.5 Å². The predicted octanol–water partition coefficient (Wildman–Crippen LogP) is 4.87. The van der Waals surface area contributed by atoms with Gasteiger partial charge in [-0.1, -0.05) is 31.2 Å². The first kappa shape index (κ1) is 10.8. The Labute approximate surface area is 110 Å². The second-order valence-corrected chi connectivity index (χ2v) is 6.55. The first-order chi connectivity index (χ1) is 8.76. The van der Waals surface area contributed by atoms with E-state index in [0.717, 1.165) is 0 Å². The molecule has 0 nitrogen and oxygen atoms in total. The zero-order chi connectivity index (χ0) is 12.4. The van der Waals surface area contributed by atoms with E-state index < -0.39 is 0 Å². The highest BCUT2D eigenvalue weighted by atomic mass is 14.7. The summed E-state index contributed by atoms with van der Waals surface area (Å²) in [4.78, 5) is 0. The summed E-state index contributed by atoms with van der Waals surface area (Å²) in [7, 11) is 0. The highest BCUT2D eigenvalue weighted by molar-refractivity contribution is 5.76. The lowest BCUT2D eigenvalue weighted by Gasteiger charge is -2.38. The van der Waals surface area contributed by atoms with Crippen molar-refractivity contribution in [3.8, 4) is 0 Å². The van der Waals surface area contributed by atoms with E-state index in [1.54, 1.807) is 22.3 Å². The third-order valence-electron chi connectivity index (χ3n) is 5.85. The molecule has 0 atom stereocenters. The van der Waals surface area contributed by atoms with Crippen LogP contribution in [0.1, 0.15) is 62.6 Å². The van der Waals surface area contributed by atoms with Crippen molar-refractivity contribution in [3.05, 3.63) is 41.0 Å². The number of fused-ring (bicyclic) bond motifs is 3. The van der Waals surface area contributed by atoms with Gasteiger partial charge in [0.1, 0.15) is 0 Å². The Kier molecular flexibility index (Phi) is 1.98. The summed E-state index contributed by atoms with van der Waals surface area (Å²) in [5, 5.41) is 0. The van der Waals surface area contributed by atoms with Crippen LogP contribution in [0, 0.1) is 5.41 Å². The molecular formula is C18H22. The van der Waals surface area contributed by atoms with Gasteiger partial charge in [0.25, 0.3) is 0 Å². The topological polar surface area (TPSA) is 0 Å². The number of rotatable bonds is 1. The monoisotopic (exact) mass is 238 g/mol. The lowest BCUT2D eigenvalue weighted by Crippen LogP contribution is -2.29. The van der Waals surface area contributed by atoms with E-state index in [4.69, 9.17) is 0 Å². The molecule has 0 unspecified atom stereocenters. The molecule has 3 aliphatic rings. The van der Waals surface area contributed by atoms with Crippen LogP contribution in [0.25, 0.3) is 5.57 Å². The van der Waals surface area contributed by atoms with Crippen LogP contribution < -0.4 is 0 Å². The SMILES string of the molecule is CC=C1CC2(CC2)C2(CC2)c2c(CC)cccc21. The normalized spacial score (nSPS) is 27.6. The second-order valence-electron chi connectivity index (χ2n) is 6.55. The minimum absolute atomic E-state index is 0.599. The van der Waals surface area contributed by atoms with E-state index in [9.17, 15) is 0 Å². The lowest BCUT2D eigenvalue weighted by molar-refractivity contribution is 0.372. The molecule has 1 aromatic rings. The molecule has 0 N–H and O–H groups in total. The molecule has 2 spiro atoms. The van der Waals surface area contributed by atoms with Crippen LogP contribution in [0.3, 0.4) is 0 Å². The third-order valence-corrected chi connectivity index (χ3v) is 5.85. The van der Waals surface area contributed by atoms with Crippen molar-refractivity contribution in [1.82, 2.24) is 0 Å². The largest absolute Gasteiger partial charge is 0.0838 e. The Morgan fingerprint density at radius 2 is 1.94 bits per heavy atom. The minimum atomic E-state index is 0.599. The van der Waals surface area contributed by atoms with E-state index >= 15 is 0 Å². The van der Waals surface area contributed by atoms with E-state index in [-0.39, 0.29) is 0 Å². The van der Waals surface area contributed by atoms with Crippen LogP contribution in [0.4, 0.5) is 0 Å². The summed E-state index contributed by atoms with van der Waals surface area (Å²) in [6.07, 6.45) is 10.8. The molecule has 1 aromatic carbocycles. The fourth-order valence-corrected chi connectivity index (χ4v) is 4.59. The average molecular weight is 238 g/mol. The van der Waals surface area contributed by atoms with Gasteiger partial charge in [0.2, 0.25) is 0 Å². The maximum absolute atomic E-state index is 2.37. The first-order valence-electron chi connectivity index (χ1n) is 7.54. The van der Waals surface area contributed by atoms with Crippen molar-refractivity contribution in [3.63, 3.8) is 0 Å². The van der Waals surface area contributed by atoms with Gasteiger partial charge in [-0.25, -0.2) is 0 Å². The van der Waals surface area contributed by atoms with Gasteiger partial charge in [-0.3, -0.25) is 0 Å². The van der Waals surface area contributed by atoms with Gasteiger partial charge in [-0.2, -0.15) is 0 Å². The van der Waals surface area contributed by atoms with Crippen molar-refractivity contribution in [2.24, 2.45) is 5.41 Å². The molecule has 2 fully saturated rings. The van der Waals surface area contributed by atoms with Crippen LogP contribution in [0.2, 0.25) is 0 Å². The molecule has 0 radical (unpaired) electrons. The van der Waals surface area contributed by atoms with Crippen molar-refractivity contribution in [2.75, 3.05) is 0 Å². The van der Waals surface area contributed by atoms with Gasteiger partial charge in [0.05, 0.1) is 0 Å². The van der Waals surface area contributed by atoms with Crippen LogP contribution in [0.5, 0.6) is 0 Å². The van der Waals surface area contributed by atoms with Crippen molar-refractivity contribution >= 4 is 5.57 Å². The Bertz CT molecular complexity index is 539. The van der Waals surface area contributed by atoms with E-state index in [2.05, 4.69) is 38.1 Å². The summed E-state index contributed by atoms with van der Waals surface area (Å²) >= 11 is 0. The molecule has 0 aliphatic heterocycles. The lowest BCUT2D eigenvalue weighted by atomic mass is 9.66. The minimum Gasteiger partial charge on any atom is -0.0838 e. The van der Waals surface area contributed by atoms with Gasteiger partial charge in [-0.15, -0.1) is 0 Å². The molecule has 18 heavy (non-hydrogen) atoms. The number of aryl methyl sites for hydroxylation is 1. The van der Waals surface area contributed by atoms with Crippen LogP contribution in [0.15, 0.2) is 24.3 Å². The van der Waals surface area contributed by atoms with Gasteiger partial charge in [-0.05, 0) is 73.1 Å². The van der Waals surface area contributed by atoms with Gasteiger partial charge >= 0.3 is 0 Å². The Balaban J connectivity index is 2.00. The predicted molar refractivity (Wildman–Crippen MR) is 76.7 cm³/mol. The fraction of sp³-hybridized carbons (Fsp3) is 0.556. The molecule has 0 saturated heterocycles. The number of hydrogen-bond donors (Lipinski definition) is 0. The highest BCUT2D eigenvalue weighted by Crippen LogP contribution is 2.76. The molecule has 0 heteroatoms. The van der Waals surface area contributed by atoms with Gasteiger partial charge < -0.3 is 0 Å². The highest BCUT2D eigenvalue weighted by Gasteiger charge is 2.68. The fourth-order valence-electron chi connectivity index (χ4n) is 4.59. The maximum atomic E-state index is 2.37. The number of hydrogen-bond acceptors (Lipinski definition) is 0. The van der Waals surface area contributed by atoms with Crippen molar-refractivity contribution in [2.45, 2.75) is 57.8 Å². The van der Waals surface area contributed by atoms with Crippen LogP contribution in [-0.4, -0.2) is 0 Å². The van der Waals surface area contributed by atoms with Gasteiger partial charge in [0, 0.05) is 5.41 Å². The standard InChI is InChI=1S/C18H22/c1-3-13-6-5-7-15-14(4-2)12-17(8-9-17)18(10-11-18)16(13)15/h4-7H,3,8-12H2,1-2H3. The quantitative estimate of drug-likeness (QED) is 0.655. The number of benzene rings is 1. The summed E-state index contributed by atoms with van der Waals surface area (Å²) in [5.74, 6) is 0. The third kappa shape index (κ3) is 1.12.